The maximum absolute atomic E-state index is 11.0. The van der Waals surface area contributed by atoms with Crippen molar-refractivity contribution in [1.82, 2.24) is 0 Å². The first kappa shape index (κ1) is 22.8. The molecule has 0 atom stereocenters. The highest BCUT2D eigenvalue weighted by atomic mass is 16.5. The van der Waals surface area contributed by atoms with E-state index < -0.39 is 23.9 Å². The van der Waals surface area contributed by atoms with E-state index in [-0.39, 0.29) is 26.4 Å². The monoisotopic (exact) mass is 362 g/mol. The number of rotatable bonds is 12. The predicted molar refractivity (Wildman–Crippen MR) is 86.3 cm³/mol. The summed E-state index contributed by atoms with van der Waals surface area (Å²) in [6.07, 6.45) is 0. The van der Waals surface area contributed by atoms with Crippen molar-refractivity contribution in [2.45, 2.75) is 27.7 Å². The summed E-state index contributed by atoms with van der Waals surface area (Å²) in [7, 11) is 0. The van der Waals surface area contributed by atoms with Crippen molar-refractivity contribution in [3.8, 4) is 0 Å². The second kappa shape index (κ2) is 12.2. The molecule has 0 aromatic carbocycles. The number of hydrogen-bond acceptors (Lipinski definition) is 8. The molecule has 0 rings (SSSR count). The Morgan fingerprint density at radius 3 is 0.880 bits per heavy atom. The normalized spacial score (nSPS) is 10.7. The van der Waals surface area contributed by atoms with Gasteiger partial charge in [-0.25, -0.2) is 0 Å². The summed E-state index contributed by atoms with van der Waals surface area (Å²) in [5.74, 6) is -1.62. The summed E-state index contributed by atoms with van der Waals surface area (Å²) >= 11 is 0. The van der Waals surface area contributed by atoms with E-state index in [1.54, 1.807) is 0 Å². The zero-order chi connectivity index (χ0) is 19.3. The Morgan fingerprint density at radius 1 is 0.520 bits per heavy atom. The van der Waals surface area contributed by atoms with Crippen molar-refractivity contribution >= 4 is 23.9 Å². The van der Waals surface area contributed by atoms with Crippen LogP contribution in [0.15, 0.2) is 0 Å². The summed E-state index contributed by atoms with van der Waals surface area (Å²) in [6, 6.07) is 0. The van der Waals surface area contributed by atoms with Crippen LogP contribution >= 0.6 is 0 Å². The molecule has 0 spiro atoms. The molecule has 0 N–H and O–H groups in total. The second-order valence-electron chi connectivity index (χ2n) is 5.60. The van der Waals surface area contributed by atoms with E-state index in [0.717, 1.165) is 0 Å². The van der Waals surface area contributed by atoms with Gasteiger partial charge in [-0.1, -0.05) is 0 Å². The molecular weight excluding hydrogens is 334 g/mol. The summed E-state index contributed by atoms with van der Waals surface area (Å²) in [6.45, 7) is 7.46. The first-order valence-electron chi connectivity index (χ1n) is 8.05. The lowest BCUT2D eigenvalue weighted by molar-refractivity contribution is -0.928. The molecule has 144 valence electrons. The summed E-state index contributed by atoms with van der Waals surface area (Å²) in [5.41, 5.74) is 0. The van der Waals surface area contributed by atoms with Gasteiger partial charge in [-0.3, -0.25) is 19.2 Å². The van der Waals surface area contributed by atoms with Gasteiger partial charge in [0.1, 0.15) is 52.6 Å². The molecule has 0 unspecified atom stereocenters. The lowest BCUT2D eigenvalue weighted by atomic mass is 10.3. The van der Waals surface area contributed by atoms with Crippen LogP contribution in [-0.4, -0.2) is 81.0 Å². The van der Waals surface area contributed by atoms with Crippen LogP contribution in [-0.2, 0) is 38.1 Å². The van der Waals surface area contributed by atoms with Crippen molar-refractivity contribution in [2.24, 2.45) is 0 Å². The molecule has 9 nitrogen and oxygen atoms in total. The first-order chi connectivity index (χ1) is 11.7. The van der Waals surface area contributed by atoms with Crippen LogP contribution in [0.1, 0.15) is 27.7 Å². The van der Waals surface area contributed by atoms with Gasteiger partial charge < -0.3 is 23.4 Å². The molecule has 0 heterocycles. The van der Waals surface area contributed by atoms with E-state index in [9.17, 15) is 19.2 Å². The summed E-state index contributed by atoms with van der Waals surface area (Å²) in [4.78, 5) is 44.0. The average molecular weight is 362 g/mol. The van der Waals surface area contributed by atoms with Crippen LogP contribution in [0.2, 0.25) is 0 Å². The zero-order valence-electron chi connectivity index (χ0n) is 15.4. The van der Waals surface area contributed by atoms with Crippen LogP contribution in [0.3, 0.4) is 0 Å². The number of carbonyl (C=O) groups is 4. The fraction of sp³-hybridized carbons (Fsp3) is 0.750. The number of nitrogens with zero attached hydrogens (tertiary/aromatic N) is 1. The molecule has 25 heavy (non-hydrogen) atoms. The Bertz CT molecular complexity index is 378. The van der Waals surface area contributed by atoms with Crippen molar-refractivity contribution in [2.75, 3.05) is 52.6 Å². The topological polar surface area (TPSA) is 105 Å². The summed E-state index contributed by atoms with van der Waals surface area (Å²) < 4.78 is 20.3. The van der Waals surface area contributed by atoms with Crippen molar-refractivity contribution in [3.05, 3.63) is 0 Å². The predicted octanol–water partition coefficient (Wildman–Crippen LogP) is 0.0556. The van der Waals surface area contributed by atoms with Gasteiger partial charge in [0.25, 0.3) is 0 Å². The van der Waals surface area contributed by atoms with E-state index in [1.807, 2.05) is 0 Å². The lowest BCUT2D eigenvalue weighted by Crippen LogP contribution is -2.55. The quantitative estimate of drug-likeness (QED) is 0.273. The lowest BCUT2D eigenvalue weighted by Gasteiger charge is -2.37. The minimum atomic E-state index is -0.405. The van der Waals surface area contributed by atoms with Crippen LogP contribution in [0, 0.1) is 0 Å². The molecule has 0 radical (unpaired) electrons. The molecule has 0 aromatic rings. The molecule has 0 amide bonds. The number of quaternary nitrogens is 1. The SMILES string of the molecule is CC(=O)OCC[N+](CCOC(C)=O)(CCOC(C)=O)CCOC(C)=O. The minimum absolute atomic E-state index is 0.148. The highest BCUT2D eigenvalue weighted by Crippen LogP contribution is 2.08. The van der Waals surface area contributed by atoms with Gasteiger partial charge in [-0.15, -0.1) is 0 Å². The highest BCUT2D eigenvalue weighted by molar-refractivity contribution is 5.66. The fourth-order valence-electron chi connectivity index (χ4n) is 2.20. The standard InChI is InChI=1S/C16H28NO8/c1-13(18)22-9-5-17(6-10-23-14(2)19,7-11-24-15(3)20)8-12-25-16(4)21/h5-12H2,1-4H3/q+1. The molecule has 0 aromatic heterocycles. The van der Waals surface area contributed by atoms with E-state index in [0.29, 0.717) is 30.7 Å². The van der Waals surface area contributed by atoms with Crippen LogP contribution in [0.4, 0.5) is 0 Å². The van der Waals surface area contributed by atoms with Gasteiger partial charge >= 0.3 is 23.9 Å². The number of ether oxygens (including phenoxy) is 4. The van der Waals surface area contributed by atoms with Gasteiger partial charge in [-0.05, 0) is 0 Å². The Morgan fingerprint density at radius 2 is 0.720 bits per heavy atom. The van der Waals surface area contributed by atoms with Crippen LogP contribution in [0.5, 0.6) is 0 Å². The third kappa shape index (κ3) is 12.9. The first-order valence-corrected chi connectivity index (χ1v) is 8.05. The van der Waals surface area contributed by atoms with Gasteiger partial charge in [0.15, 0.2) is 0 Å². The molecule has 0 aliphatic heterocycles. The molecule has 0 saturated carbocycles. The third-order valence-electron chi connectivity index (χ3n) is 3.48. The number of hydrogen-bond donors (Lipinski definition) is 0. The number of carbonyl (C=O) groups excluding carboxylic acids is 4. The smallest absolute Gasteiger partial charge is 0.302 e. The molecule has 0 fully saturated rings. The van der Waals surface area contributed by atoms with Gasteiger partial charge in [-0.2, -0.15) is 0 Å². The maximum atomic E-state index is 11.0. The molecule has 0 aliphatic carbocycles. The fourth-order valence-corrected chi connectivity index (χ4v) is 2.20. The molecule has 0 aliphatic rings. The zero-order valence-corrected chi connectivity index (χ0v) is 15.4. The van der Waals surface area contributed by atoms with Crippen molar-refractivity contribution in [3.63, 3.8) is 0 Å². The molecule has 0 saturated heterocycles. The van der Waals surface area contributed by atoms with E-state index in [4.69, 9.17) is 18.9 Å². The van der Waals surface area contributed by atoms with E-state index in [1.165, 1.54) is 27.7 Å². The van der Waals surface area contributed by atoms with Gasteiger partial charge in [0, 0.05) is 27.7 Å². The van der Waals surface area contributed by atoms with Gasteiger partial charge in [0.05, 0.1) is 0 Å². The second-order valence-corrected chi connectivity index (χ2v) is 5.60. The van der Waals surface area contributed by atoms with Gasteiger partial charge in [0.2, 0.25) is 0 Å². The average Bonchev–Trinajstić information content (AvgIpc) is 2.45. The Labute approximate surface area is 147 Å². The summed E-state index contributed by atoms with van der Waals surface area (Å²) in [5, 5.41) is 0. The maximum Gasteiger partial charge on any atom is 0.302 e. The largest absolute Gasteiger partial charge is 0.460 e. The Kier molecular flexibility index (Phi) is 11.2. The van der Waals surface area contributed by atoms with Crippen molar-refractivity contribution < 1.29 is 42.6 Å². The molecular formula is C16H28NO8+. The molecule has 0 bridgehead atoms. The minimum Gasteiger partial charge on any atom is -0.460 e. The Hall–Kier alpha value is -2.16. The Balaban J connectivity index is 4.96. The highest BCUT2D eigenvalue weighted by Gasteiger charge is 2.28. The number of esters is 4. The van der Waals surface area contributed by atoms with E-state index >= 15 is 0 Å². The van der Waals surface area contributed by atoms with Crippen LogP contribution in [0.25, 0.3) is 0 Å². The van der Waals surface area contributed by atoms with Crippen molar-refractivity contribution in [1.29, 1.82) is 0 Å². The third-order valence-corrected chi connectivity index (χ3v) is 3.48. The van der Waals surface area contributed by atoms with Crippen LogP contribution < -0.4 is 0 Å². The molecule has 9 heteroatoms. The van der Waals surface area contributed by atoms with E-state index in [2.05, 4.69) is 0 Å².